The normalized spacial score (nSPS) is 9.69. The predicted molar refractivity (Wildman–Crippen MR) is 46.7 cm³/mol. The van der Waals surface area contributed by atoms with Crippen molar-refractivity contribution in [3.8, 4) is 0 Å². The van der Waals surface area contributed by atoms with Crippen molar-refractivity contribution in [2.24, 2.45) is 5.73 Å². The number of anilines is 2. The molecule has 5 N–H and O–H groups in total. The van der Waals surface area contributed by atoms with Crippen molar-refractivity contribution in [1.82, 2.24) is 4.98 Å². The number of hydrogen-bond acceptors (Lipinski definition) is 4. The first kappa shape index (κ1) is 9.24. The van der Waals surface area contributed by atoms with Crippen molar-refractivity contribution in [2.75, 3.05) is 18.1 Å². The standard InChI is InChI=1S/C7H9FN4O/c1-11-7-3(6(10)13)2-4(8)5(9)12-7/h2H,1H3,(H2,10,13)(H3,9,11,12). The molecule has 0 aliphatic carbocycles. The molecule has 1 rings (SSSR count). The average Bonchev–Trinajstić information content (AvgIpc) is 2.08. The molecule has 0 saturated heterocycles. The number of hydrogen-bond donors (Lipinski definition) is 3. The number of nitrogens with one attached hydrogen (secondary N) is 1. The van der Waals surface area contributed by atoms with Gasteiger partial charge in [0.1, 0.15) is 5.82 Å². The molecule has 5 nitrogen and oxygen atoms in total. The monoisotopic (exact) mass is 184 g/mol. The van der Waals surface area contributed by atoms with Gasteiger partial charge < -0.3 is 16.8 Å². The van der Waals surface area contributed by atoms with Crippen LogP contribution in [0.4, 0.5) is 16.0 Å². The van der Waals surface area contributed by atoms with Crippen LogP contribution in [0.1, 0.15) is 10.4 Å². The number of halogens is 1. The molecule has 1 heterocycles. The van der Waals surface area contributed by atoms with Gasteiger partial charge in [-0.25, -0.2) is 9.37 Å². The highest BCUT2D eigenvalue weighted by Gasteiger charge is 2.12. The van der Waals surface area contributed by atoms with E-state index in [2.05, 4.69) is 10.3 Å². The van der Waals surface area contributed by atoms with Crippen molar-refractivity contribution in [3.63, 3.8) is 0 Å². The van der Waals surface area contributed by atoms with Crippen molar-refractivity contribution in [2.45, 2.75) is 0 Å². The number of rotatable bonds is 2. The zero-order valence-corrected chi connectivity index (χ0v) is 6.97. The fourth-order valence-corrected chi connectivity index (χ4v) is 0.882. The van der Waals surface area contributed by atoms with E-state index < -0.39 is 11.7 Å². The lowest BCUT2D eigenvalue weighted by molar-refractivity contribution is 0.100. The summed E-state index contributed by atoms with van der Waals surface area (Å²) in [5.74, 6) is -1.61. The third kappa shape index (κ3) is 1.66. The maximum absolute atomic E-state index is 12.8. The summed E-state index contributed by atoms with van der Waals surface area (Å²) < 4.78 is 12.8. The van der Waals surface area contributed by atoms with E-state index in [4.69, 9.17) is 11.5 Å². The number of amides is 1. The molecule has 6 heteroatoms. The van der Waals surface area contributed by atoms with Gasteiger partial charge in [-0.15, -0.1) is 0 Å². The zero-order chi connectivity index (χ0) is 10.0. The first-order valence-corrected chi connectivity index (χ1v) is 3.50. The van der Waals surface area contributed by atoms with Crippen LogP contribution in [0, 0.1) is 5.82 Å². The lowest BCUT2D eigenvalue weighted by Crippen LogP contribution is -2.15. The molecule has 0 aliphatic rings. The quantitative estimate of drug-likeness (QED) is 0.600. The third-order valence-corrected chi connectivity index (χ3v) is 1.51. The summed E-state index contributed by atoms with van der Waals surface area (Å²) in [6.07, 6.45) is 0. The summed E-state index contributed by atoms with van der Waals surface area (Å²) in [5.41, 5.74) is 10.2. The summed E-state index contributed by atoms with van der Waals surface area (Å²) in [5, 5.41) is 2.59. The number of primary amides is 1. The number of nitrogens with two attached hydrogens (primary N) is 2. The van der Waals surface area contributed by atoms with Gasteiger partial charge in [-0.1, -0.05) is 0 Å². The SMILES string of the molecule is CNc1nc(N)c(F)cc1C(N)=O. The minimum absolute atomic E-state index is 0.0193. The summed E-state index contributed by atoms with van der Waals surface area (Å²) in [6.45, 7) is 0. The molecule has 0 saturated carbocycles. The Balaban J connectivity index is 3.33. The van der Waals surface area contributed by atoms with Gasteiger partial charge in [0.2, 0.25) is 0 Å². The summed E-state index contributed by atoms with van der Waals surface area (Å²) in [4.78, 5) is 14.4. The lowest BCUT2D eigenvalue weighted by atomic mass is 10.2. The molecule has 0 unspecified atom stereocenters. The van der Waals surface area contributed by atoms with Crippen LogP contribution in [0.2, 0.25) is 0 Å². The van der Waals surface area contributed by atoms with Crippen molar-refractivity contribution < 1.29 is 9.18 Å². The Bertz CT molecular complexity index is 353. The highest BCUT2D eigenvalue weighted by Crippen LogP contribution is 2.16. The highest BCUT2D eigenvalue weighted by molar-refractivity contribution is 5.97. The molecule has 0 aromatic carbocycles. The molecule has 0 atom stereocenters. The van der Waals surface area contributed by atoms with Crippen molar-refractivity contribution in [3.05, 3.63) is 17.4 Å². The van der Waals surface area contributed by atoms with E-state index in [0.717, 1.165) is 6.07 Å². The van der Waals surface area contributed by atoms with E-state index in [1.165, 1.54) is 7.05 Å². The van der Waals surface area contributed by atoms with E-state index in [-0.39, 0.29) is 17.2 Å². The van der Waals surface area contributed by atoms with Crippen LogP contribution in [0.3, 0.4) is 0 Å². The van der Waals surface area contributed by atoms with E-state index in [9.17, 15) is 9.18 Å². The van der Waals surface area contributed by atoms with Gasteiger partial charge >= 0.3 is 0 Å². The number of carbonyl (C=O) groups excluding carboxylic acids is 1. The fourth-order valence-electron chi connectivity index (χ4n) is 0.882. The second-order valence-electron chi connectivity index (χ2n) is 2.37. The minimum atomic E-state index is -0.757. The molecular formula is C7H9FN4O. The molecule has 0 aliphatic heterocycles. The van der Waals surface area contributed by atoms with Crippen LogP contribution >= 0.6 is 0 Å². The third-order valence-electron chi connectivity index (χ3n) is 1.51. The van der Waals surface area contributed by atoms with Crippen LogP contribution in [0.5, 0.6) is 0 Å². The molecular weight excluding hydrogens is 175 g/mol. The van der Waals surface area contributed by atoms with Crippen LogP contribution in [0.15, 0.2) is 6.07 Å². The Labute approximate surface area is 73.9 Å². The van der Waals surface area contributed by atoms with E-state index in [0.29, 0.717) is 0 Å². The Morgan fingerprint density at radius 3 is 2.77 bits per heavy atom. The number of nitrogens with zero attached hydrogens (tertiary/aromatic N) is 1. The van der Waals surface area contributed by atoms with Gasteiger partial charge in [0.05, 0.1) is 5.56 Å². The molecule has 1 aromatic heterocycles. The largest absolute Gasteiger partial charge is 0.381 e. The summed E-state index contributed by atoms with van der Waals surface area (Å²) >= 11 is 0. The van der Waals surface area contributed by atoms with E-state index in [1.807, 2.05) is 0 Å². The number of nitrogen functional groups attached to an aromatic ring is 1. The second kappa shape index (κ2) is 3.26. The second-order valence-corrected chi connectivity index (χ2v) is 2.37. The Morgan fingerprint density at radius 2 is 2.31 bits per heavy atom. The van der Waals surface area contributed by atoms with Crippen LogP contribution in [-0.4, -0.2) is 17.9 Å². The minimum Gasteiger partial charge on any atom is -0.381 e. The molecule has 70 valence electrons. The Hall–Kier alpha value is -1.85. The van der Waals surface area contributed by atoms with Gasteiger partial charge in [0, 0.05) is 7.05 Å². The van der Waals surface area contributed by atoms with Gasteiger partial charge in [0.15, 0.2) is 11.6 Å². The Kier molecular flexibility index (Phi) is 2.32. The number of carbonyl (C=O) groups is 1. The maximum atomic E-state index is 12.8. The number of pyridine rings is 1. The molecule has 0 fully saturated rings. The molecule has 13 heavy (non-hydrogen) atoms. The highest BCUT2D eigenvalue weighted by atomic mass is 19.1. The van der Waals surface area contributed by atoms with Crippen LogP contribution < -0.4 is 16.8 Å². The summed E-state index contributed by atoms with van der Waals surface area (Å²) in [7, 11) is 1.53. The van der Waals surface area contributed by atoms with E-state index in [1.54, 1.807) is 0 Å². The molecule has 1 aromatic rings. The smallest absolute Gasteiger partial charge is 0.252 e. The molecule has 0 bridgehead atoms. The van der Waals surface area contributed by atoms with Crippen LogP contribution in [-0.2, 0) is 0 Å². The van der Waals surface area contributed by atoms with Gasteiger partial charge in [0.25, 0.3) is 5.91 Å². The lowest BCUT2D eigenvalue weighted by Gasteiger charge is -2.05. The van der Waals surface area contributed by atoms with Crippen LogP contribution in [0.25, 0.3) is 0 Å². The van der Waals surface area contributed by atoms with Gasteiger partial charge in [-0.2, -0.15) is 0 Å². The number of aromatic nitrogens is 1. The zero-order valence-electron chi connectivity index (χ0n) is 6.97. The topological polar surface area (TPSA) is 94.0 Å². The molecule has 0 radical (unpaired) electrons. The predicted octanol–water partition coefficient (Wildman–Crippen LogP) is -0.0565. The van der Waals surface area contributed by atoms with Gasteiger partial charge in [-0.3, -0.25) is 4.79 Å². The molecule has 0 spiro atoms. The molecule has 1 amide bonds. The van der Waals surface area contributed by atoms with Crippen molar-refractivity contribution in [1.29, 1.82) is 0 Å². The van der Waals surface area contributed by atoms with E-state index >= 15 is 0 Å². The maximum Gasteiger partial charge on any atom is 0.252 e. The van der Waals surface area contributed by atoms with Gasteiger partial charge in [-0.05, 0) is 6.07 Å². The average molecular weight is 184 g/mol. The Morgan fingerprint density at radius 1 is 1.69 bits per heavy atom. The summed E-state index contributed by atoms with van der Waals surface area (Å²) in [6, 6.07) is 0.955. The first-order valence-electron chi connectivity index (χ1n) is 3.50. The fraction of sp³-hybridized carbons (Fsp3) is 0.143. The first-order chi connectivity index (χ1) is 6.06. The van der Waals surface area contributed by atoms with Crippen molar-refractivity contribution >= 4 is 17.5 Å².